The molecule has 2 N–H and O–H groups in total. The summed E-state index contributed by atoms with van der Waals surface area (Å²) < 4.78 is 0. The third-order valence-corrected chi connectivity index (χ3v) is 2.70. The zero-order chi connectivity index (χ0) is 13.5. The maximum absolute atomic E-state index is 9.91. The average Bonchev–Trinajstić information content (AvgIpc) is 2.38. The molecule has 1 aromatic rings. The molecule has 18 heavy (non-hydrogen) atoms. The summed E-state index contributed by atoms with van der Waals surface area (Å²) in [5.74, 6) is 0. The largest absolute Gasteiger partial charge is 0.390 e. The van der Waals surface area contributed by atoms with E-state index in [4.69, 9.17) is 5.53 Å². The van der Waals surface area contributed by atoms with Gasteiger partial charge in [0.1, 0.15) is 6.10 Å². The number of nitrogens with zero attached hydrogens (tertiary/aromatic N) is 3. The van der Waals surface area contributed by atoms with Crippen LogP contribution in [0.5, 0.6) is 0 Å². The van der Waals surface area contributed by atoms with Gasteiger partial charge in [-0.3, -0.25) is 0 Å². The Hall–Kier alpha value is -1.81. The van der Waals surface area contributed by atoms with Gasteiger partial charge in [0, 0.05) is 11.5 Å². The summed E-state index contributed by atoms with van der Waals surface area (Å²) in [5.41, 5.74) is 10.7. The summed E-state index contributed by atoms with van der Waals surface area (Å²) in [7, 11) is 0. The van der Waals surface area contributed by atoms with Gasteiger partial charge in [0.05, 0.1) is 6.10 Å². The molecule has 96 valence electrons. The van der Waals surface area contributed by atoms with E-state index in [1.54, 1.807) is 12.1 Å². The fourth-order valence-electron chi connectivity index (χ4n) is 1.58. The van der Waals surface area contributed by atoms with Gasteiger partial charge in [-0.2, -0.15) is 0 Å². The average molecular weight is 247 g/mol. The Kier molecular flexibility index (Phi) is 5.39. The number of aliphatic hydroxyl groups excluding tert-OH is 2. The number of azide groups is 1. The molecule has 1 rings (SSSR count). The summed E-state index contributed by atoms with van der Waals surface area (Å²) in [6.45, 7) is 5.89. The zero-order valence-electron chi connectivity index (χ0n) is 10.3. The Morgan fingerprint density at radius 3 is 2.50 bits per heavy atom. The fourth-order valence-corrected chi connectivity index (χ4v) is 1.58. The molecule has 1 aromatic carbocycles. The Bertz CT molecular complexity index is 450. The summed E-state index contributed by atoms with van der Waals surface area (Å²) in [5, 5.41) is 23.0. The SMILES string of the molecule is C=C(C)c1ccc(C(O)C(O)CCN=[N+]=[N-])cc1. The maximum atomic E-state index is 9.91. The molecule has 0 saturated carbocycles. The lowest BCUT2D eigenvalue weighted by molar-refractivity contribution is 0.0150. The second-order valence-electron chi connectivity index (χ2n) is 4.16. The first-order valence-electron chi connectivity index (χ1n) is 5.69. The topological polar surface area (TPSA) is 89.2 Å². The first kappa shape index (κ1) is 14.3. The molecule has 5 heteroatoms. The van der Waals surface area contributed by atoms with Crippen molar-refractivity contribution in [2.24, 2.45) is 5.11 Å². The second kappa shape index (κ2) is 6.81. The molecule has 0 heterocycles. The van der Waals surface area contributed by atoms with Crippen LogP contribution in [-0.4, -0.2) is 22.9 Å². The minimum Gasteiger partial charge on any atom is -0.390 e. The standard InChI is InChI=1S/C13H17N3O2/c1-9(2)10-3-5-11(6-4-10)13(18)12(17)7-8-15-16-14/h3-6,12-13,17-18H,1,7-8H2,2H3. The molecular weight excluding hydrogens is 230 g/mol. The molecule has 2 unspecified atom stereocenters. The maximum Gasteiger partial charge on any atom is 0.105 e. The van der Waals surface area contributed by atoms with Crippen molar-refractivity contribution in [2.45, 2.75) is 25.6 Å². The van der Waals surface area contributed by atoms with Crippen molar-refractivity contribution in [3.05, 3.63) is 52.4 Å². The van der Waals surface area contributed by atoms with Crippen molar-refractivity contribution >= 4 is 5.57 Å². The minimum atomic E-state index is -0.974. The van der Waals surface area contributed by atoms with Crippen LogP contribution in [0, 0.1) is 0 Å². The van der Waals surface area contributed by atoms with Gasteiger partial charge in [0.2, 0.25) is 0 Å². The van der Waals surface area contributed by atoms with Crippen LogP contribution in [0.15, 0.2) is 36.0 Å². The zero-order valence-corrected chi connectivity index (χ0v) is 10.3. The van der Waals surface area contributed by atoms with Crippen LogP contribution in [0.4, 0.5) is 0 Å². The molecule has 0 aliphatic heterocycles. The molecule has 0 fully saturated rings. The lowest BCUT2D eigenvalue weighted by atomic mass is 9.99. The fraction of sp³-hybridized carbons (Fsp3) is 0.385. The molecule has 5 nitrogen and oxygen atoms in total. The van der Waals surface area contributed by atoms with Gasteiger partial charge in [-0.15, -0.1) is 0 Å². The highest BCUT2D eigenvalue weighted by molar-refractivity contribution is 5.61. The van der Waals surface area contributed by atoms with Gasteiger partial charge in [0.25, 0.3) is 0 Å². The second-order valence-corrected chi connectivity index (χ2v) is 4.16. The quantitative estimate of drug-likeness (QED) is 0.460. The van der Waals surface area contributed by atoms with E-state index < -0.39 is 12.2 Å². The van der Waals surface area contributed by atoms with Gasteiger partial charge in [0.15, 0.2) is 0 Å². The highest BCUT2D eigenvalue weighted by atomic mass is 16.3. The van der Waals surface area contributed by atoms with Crippen molar-refractivity contribution in [3.63, 3.8) is 0 Å². The molecule has 0 aliphatic carbocycles. The van der Waals surface area contributed by atoms with Crippen molar-refractivity contribution in [1.29, 1.82) is 0 Å². The molecule has 0 bridgehead atoms. The van der Waals surface area contributed by atoms with Crippen LogP contribution in [0.1, 0.15) is 30.6 Å². The summed E-state index contributed by atoms with van der Waals surface area (Å²) in [6, 6.07) is 7.21. The van der Waals surface area contributed by atoms with Crippen molar-refractivity contribution in [2.75, 3.05) is 6.54 Å². The lowest BCUT2D eigenvalue weighted by Gasteiger charge is -2.17. The van der Waals surface area contributed by atoms with Crippen LogP contribution in [0.3, 0.4) is 0 Å². The molecular formula is C13H17N3O2. The predicted octanol–water partition coefficient (Wildman–Crippen LogP) is 2.81. The van der Waals surface area contributed by atoms with E-state index in [9.17, 15) is 10.2 Å². The third kappa shape index (κ3) is 3.89. The van der Waals surface area contributed by atoms with Crippen molar-refractivity contribution < 1.29 is 10.2 Å². The van der Waals surface area contributed by atoms with E-state index >= 15 is 0 Å². The number of allylic oxidation sites excluding steroid dienone is 1. The van der Waals surface area contributed by atoms with Crippen molar-refractivity contribution in [3.8, 4) is 0 Å². The van der Waals surface area contributed by atoms with E-state index in [1.165, 1.54) is 0 Å². The van der Waals surface area contributed by atoms with E-state index in [-0.39, 0.29) is 13.0 Å². The number of hydrogen-bond donors (Lipinski definition) is 2. The van der Waals surface area contributed by atoms with Crippen LogP contribution in [0.25, 0.3) is 16.0 Å². The Labute approximate surface area is 106 Å². The highest BCUT2D eigenvalue weighted by Gasteiger charge is 2.17. The summed E-state index contributed by atoms with van der Waals surface area (Å²) in [6.07, 6.45) is -1.68. The number of benzene rings is 1. The molecule has 0 amide bonds. The van der Waals surface area contributed by atoms with E-state index in [1.807, 2.05) is 19.1 Å². The Morgan fingerprint density at radius 1 is 1.39 bits per heavy atom. The molecule has 0 radical (unpaired) electrons. The van der Waals surface area contributed by atoms with Crippen molar-refractivity contribution in [1.82, 2.24) is 0 Å². The first-order valence-corrected chi connectivity index (χ1v) is 5.69. The van der Waals surface area contributed by atoms with Crippen LogP contribution < -0.4 is 0 Å². The molecule has 2 atom stereocenters. The van der Waals surface area contributed by atoms with E-state index in [0.717, 1.165) is 11.1 Å². The van der Waals surface area contributed by atoms with Gasteiger partial charge in [-0.05, 0) is 30.0 Å². The number of aliphatic hydroxyl groups is 2. The first-order chi connectivity index (χ1) is 8.56. The van der Waals surface area contributed by atoms with Gasteiger partial charge in [-0.25, -0.2) is 0 Å². The molecule has 0 spiro atoms. The van der Waals surface area contributed by atoms with Crippen LogP contribution in [-0.2, 0) is 0 Å². The monoisotopic (exact) mass is 247 g/mol. The number of rotatable bonds is 6. The number of hydrogen-bond acceptors (Lipinski definition) is 3. The lowest BCUT2D eigenvalue weighted by Crippen LogP contribution is -2.19. The summed E-state index contributed by atoms with van der Waals surface area (Å²) >= 11 is 0. The van der Waals surface area contributed by atoms with Gasteiger partial charge < -0.3 is 10.2 Å². The van der Waals surface area contributed by atoms with E-state index in [2.05, 4.69) is 16.6 Å². The van der Waals surface area contributed by atoms with E-state index in [0.29, 0.717) is 5.56 Å². The predicted molar refractivity (Wildman–Crippen MR) is 70.7 cm³/mol. The Balaban J connectivity index is 2.68. The molecule has 0 saturated heterocycles. The normalized spacial score (nSPS) is 13.5. The highest BCUT2D eigenvalue weighted by Crippen LogP contribution is 2.21. The van der Waals surface area contributed by atoms with Gasteiger partial charge >= 0.3 is 0 Å². The van der Waals surface area contributed by atoms with Gasteiger partial charge in [-0.1, -0.05) is 41.5 Å². The van der Waals surface area contributed by atoms with Crippen LogP contribution in [0.2, 0.25) is 0 Å². The summed E-state index contributed by atoms with van der Waals surface area (Å²) in [4.78, 5) is 2.59. The molecule has 0 aliphatic rings. The smallest absolute Gasteiger partial charge is 0.105 e. The minimum absolute atomic E-state index is 0.165. The third-order valence-electron chi connectivity index (χ3n) is 2.70. The Morgan fingerprint density at radius 2 is 2.00 bits per heavy atom. The van der Waals surface area contributed by atoms with Crippen LogP contribution >= 0.6 is 0 Å². The molecule has 0 aromatic heterocycles.